The summed E-state index contributed by atoms with van der Waals surface area (Å²) in [5, 5.41) is 9.37. The quantitative estimate of drug-likeness (QED) is 0.719. The monoisotopic (exact) mass is 379 g/mol. The third-order valence-electron chi connectivity index (χ3n) is 3.96. The van der Waals surface area contributed by atoms with E-state index < -0.39 is 26.4 Å². The number of amides is 1. The first-order valence-electron chi connectivity index (χ1n) is 8.75. The van der Waals surface area contributed by atoms with Crippen molar-refractivity contribution in [3.8, 4) is 0 Å². The first-order chi connectivity index (χ1) is 12.3. The van der Waals surface area contributed by atoms with Crippen molar-refractivity contribution in [3.05, 3.63) is 41.8 Å². The van der Waals surface area contributed by atoms with Crippen molar-refractivity contribution in [2.75, 3.05) is 0 Å². The molecule has 1 aromatic carbocycles. The van der Waals surface area contributed by atoms with Crippen LogP contribution in [-0.4, -0.2) is 29.8 Å². The van der Waals surface area contributed by atoms with Gasteiger partial charge in [0.05, 0.1) is 5.25 Å². The summed E-state index contributed by atoms with van der Waals surface area (Å²) in [6.45, 7) is 5.11. The number of hydrogen-bond acceptors (Lipinski definition) is 6. The van der Waals surface area contributed by atoms with E-state index in [0.29, 0.717) is 12.8 Å². The molecule has 0 fully saturated rings. The van der Waals surface area contributed by atoms with E-state index in [9.17, 15) is 13.2 Å². The normalized spacial score (nSPS) is 12.9. The second-order valence-electron chi connectivity index (χ2n) is 6.41. The lowest BCUT2D eigenvalue weighted by Gasteiger charge is -2.15. The van der Waals surface area contributed by atoms with Gasteiger partial charge in [0.15, 0.2) is 0 Å². The molecule has 1 heterocycles. The maximum atomic E-state index is 12.2. The first-order valence-corrected chi connectivity index (χ1v) is 10.3. The highest BCUT2D eigenvalue weighted by atomic mass is 32.2. The first kappa shape index (κ1) is 20.1. The van der Waals surface area contributed by atoms with Gasteiger partial charge in [0.2, 0.25) is 21.6 Å². The Labute approximate surface area is 154 Å². The Balaban J connectivity index is 2.25. The Bertz CT molecular complexity index is 816. The highest BCUT2D eigenvalue weighted by molar-refractivity contribution is 7.91. The highest BCUT2D eigenvalue weighted by Crippen LogP contribution is 2.21. The minimum absolute atomic E-state index is 0.0953. The van der Waals surface area contributed by atoms with Crippen molar-refractivity contribution in [3.63, 3.8) is 0 Å². The average molecular weight is 379 g/mol. The van der Waals surface area contributed by atoms with Gasteiger partial charge in [-0.3, -0.25) is 4.79 Å². The summed E-state index contributed by atoms with van der Waals surface area (Å²) in [5.74, 6) is -0.0304. The van der Waals surface area contributed by atoms with Crippen LogP contribution in [0.4, 0.5) is 0 Å². The van der Waals surface area contributed by atoms with Crippen LogP contribution in [0.3, 0.4) is 0 Å². The summed E-state index contributed by atoms with van der Waals surface area (Å²) in [6.07, 6.45) is 2.52. The fraction of sp³-hybridized carbons (Fsp3) is 0.500. The number of rotatable bonds is 9. The van der Waals surface area contributed by atoms with Crippen molar-refractivity contribution in [1.29, 1.82) is 0 Å². The zero-order chi connectivity index (χ0) is 19.2. The van der Waals surface area contributed by atoms with E-state index in [1.54, 1.807) is 13.8 Å². The molecule has 0 unspecified atom stereocenters. The SMILES string of the molecule is CCCCC(=O)N[C@@H](Cc1ccccc1)c1nnc(S(=O)(=O)C(C)C)o1. The molecule has 142 valence electrons. The molecule has 2 aromatic rings. The lowest BCUT2D eigenvalue weighted by atomic mass is 10.1. The third-order valence-corrected chi connectivity index (χ3v) is 5.85. The van der Waals surface area contributed by atoms with Crippen molar-refractivity contribution < 1.29 is 17.6 Å². The van der Waals surface area contributed by atoms with E-state index >= 15 is 0 Å². The Kier molecular flexibility index (Phi) is 6.90. The summed E-state index contributed by atoms with van der Waals surface area (Å²) in [5.41, 5.74) is 0.972. The molecule has 1 atom stereocenters. The van der Waals surface area contributed by atoms with Gasteiger partial charge in [0.1, 0.15) is 6.04 Å². The van der Waals surface area contributed by atoms with Crippen LogP contribution in [-0.2, 0) is 21.1 Å². The van der Waals surface area contributed by atoms with Gasteiger partial charge in [-0.25, -0.2) is 8.42 Å². The Morgan fingerprint density at radius 3 is 2.50 bits per heavy atom. The average Bonchev–Trinajstić information content (AvgIpc) is 3.11. The van der Waals surface area contributed by atoms with Gasteiger partial charge < -0.3 is 9.73 Å². The van der Waals surface area contributed by atoms with Crippen LogP contribution in [0.15, 0.2) is 40.0 Å². The lowest BCUT2D eigenvalue weighted by molar-refractivity contribution is -0.122. The number of carbonyl (C=O) groups excluding carboxylic acids is 1. The second-order valence-corrected chi connectivity index (χ2v) is 8.80. The molecule has 0 aliphatic heterocycles. The molecule has 2 rings (SSSR count). The Hall–Kier alpha value is -2.22. The van der Waals surface area contributed by atoms with Crippen molar-refractivity contribution in [2.45, 2.75) is 63.0 Å². The van der Waals surface area contributed by atoms with Crippen LogP contribution in [0.1, 0.15) is 57.5 Å². The van der Waals surface area contributed by atoms with Gasteiger partial charge in [-0.15, -0.1) is 5.10 Å². The second kappa shape index (κ2) is 8.93. The predicted octanol–water partition coefficient (Wildman–Crippen LogP) is 2.84. The minimum Gasteiger partial charge on any atom is -0.410 e. The maximum absolute atomic E-state index is 12.2. The van der Waals surface area contributed by atoms with Crippen LogP contribution in [0.2, 0.25) is 0 Å². The smallest absolute Gasteiger partial charge is 0.335 e. The van der Waals surface area contributed by atoms with E-state index in [-0.39, 0.29) is 11.8 Å². The molecule has 26 heavy (non-hydrogen) atoms. The molecule has 0 saturated carbocycles. The number of aromatic nitrogens is 2. The zero-order valence-electron chi connectivity index (χ0n) is 15.3. The number of nitrogens with zero attached hydrogens (tertiary/aromatic N) is 2. The van der Waals surface area contributed by atoms with E-state index in [4.69, 9.17) is 4.42 Å². The number of sulfone groups is 1. The van der Waals surface area contributed by atoms with Crippen LogP contribution in [0.5, 0.6) is 0 Å². The van der Waals surface area contributed by atoms with Gasteiger partial charge in [-0.1, -0.05) is 48.8 Å². The molecule has 7 nitrogen and oxygen atoms in total. The van der Waals surface area contributed by atoms with Gasteiger partial charge in [0.25, 0.3) is 0 Å². The molecule has 0 aliphatic carbocycles. The molecule has 1 N–H and O–H groups in total. The Morgan fingerprint density at radius 1 is 1.19 bits per heavy atom. The molecular formula is C18H25N3O4S. The third kappa shape index (κ3) is 5.14. The van der Waals surface area contributed by atoms with Gasteiger partial charge in [-0.2, -0.15) is 0 Å². The highest BCUT2D eigenvalue weighted by Gasteiger charge is 2.29. The molecule has 1 amide bonds. The topological polar surface area (TPSA) is 102 Å². The summed E-state index contributed by atoms with van der Waals surface area (Å²) < 4.78 is 29.8. The largest absolute Gasteiger partial charge is 0.410 e. The number of unbranched alkanes of at least 4 members (excludes halogenated alkanes) is 1. The standard InChI is InChI=1S/C18H25N3O4S/c1-4-5-11-16(22)19-15(12-14-9-7-6-8-10-14)17-20-21-18(25-17)26(23,24)13(2)3/h6-10,13,15H,4-5,11-12H2,1-3H3,(H,19,22)/t15-/m0/s1. The molecule has 0 spiro atoms. The predicted molar refractivity (Wildman–Crippen MR) is 97.2 cm³/mol. The van der Waals surface area contributed by atoms with E-state index in [1.165, 1.54) is 0 Å². The summed E-state index contributed by atoms with van der Waals surface area (Å²) in [4.78, 5) is 12.2. The van der Waals surface area contributed by atoms with E-state index in [0.717, 1.165) is 18.4 Å². The maximum Gasteiger partial charge on any atom is 0.335 e. The number of nitrogens with one attached hydrogen (secondary N) is 1. The van der Waals surface area contributed by atoms with Crippen LogP contribution in [0.25, 0.3) is 0 Å². The number of benzene rings is 1. The van der Waals surface area contributed by atoms with E-state index in [1.807, 2.05) is 37.3 Å². The molecule has 8 heteroatoms. The van der Waals surface area contributed by atoms with Crippen LogP contribution < -0.4 is 5.32 Å². The molecule has 0 bridgehead atoms. The summed E-state index contributed by atoms with van der Waals surface area (Å²) >= 11 is 0. The van der Waals surface area contributed by atoms with Gasteiger partial charge in [-0.05, 0) is 25.8 Å². The van der Waals surface area contributed by atoms with Crippen LogP contribution in [0, 0.1) is 0 Å². The molecular weight excluding hydrogens is 354 g/mol. The van der Waals surface area contributed by atoms with Gasteiger partial charge in [0, 0.05) is 12.8 Å². The molecule has 0 saturated heterocycles. The van der Waals surface area contributed by atoms with Gasteiger partial charge >= 0.3 is 5.22 Å². The summed E-state index contributed by atoms with van der Waals surface area (Å²) in [6, 6.07) is 8.96. The van der Waals surface area contributed by atoms with Crippen molar-refractivity contribution in [2.24, 2.45) is 0 Å². The fourth-order valence-electron chi connectivity index (χ4n) is 2.33. The number of hydrogen-bond donors (Lipinski definition) is 1. The van der Waals surface area contributed by atoms with E-state index in [2.05, 4.69) is 15.5 Å². The molecule has 1 aromatic heterocycles. The van der Waals surface area contributed by atoms with Crippen LogP contribution >= 0.6 is 0 Å². The lowest BCUT2D eigenvalue weighted by Crippen LogP contribution is -2.30. The molecule has 0 aliphatic rings. The van der Waals surface area contributed by atoms with Crippen molar-refractivity contribution in [1.82, 2.24) is 15.5 Å². The fourth-order valence-corrected chi connectivity index (χ4v) is 3.09. The summed E-state index contributed by atoms with van der Waals surface area (Å²) in [7, 11) is -3.66. The zero-order valence-corrected chi connectivity index (χ0v) is 16.1. The number of carbonyl (C=O) groups is 1. The minimum atomic E-state index is -3.66. The van der Waals surface area contributed by atoms with Crippen molar-refractivity contribution >= 4 is 15.7 Å². The molecule has 0 radical (unpaired) electrons. The Morgan fingerprint density at radius 2 is 1.88 bits per heavy atom.